The molecule has 2 heterocycles. The fourth-order valence-electron chi connectivity index (χ4n) is 5.22. The minimum absolute atomic E-state index is 0.136. The molecule has 4 atom stereocenters. The second kappa shape index (κ2) is 15.8. The predicted molar refractivity (Wildman–Crippen MR) is 166 cm³/mol. The first-order valence-corrected chi connectivity index (χ1v) is 15.3. The van der Waals surface area contributed by atoms with Crippen LogP contribution in [0.1, 0.15) is 31.4 Å². The summed E-state index contributed by atoms with van der Waals surface area (Å²) in [6, 6.07) is 11.8. The minimum atomic E-state index is -1.02. The number of hydrogen-bond acceptors (Lipinski definition) is 10. The van der Waals surface area contributed by atoms with Gasteiger partial charge in [0, 0.05) is 25.4 Å². The maximum atomic E-state index is 13.9. The van der Waals surface area contributed by atoms with Gasteiger partial charge in [-0.2, -0.15) is 0 Å². The maximum Gasteiger partial charge on any atom is 0.409 e. The third-order valence-electron chi connectivity index (χ3n) is 8.10. The summed E-state index contributed by atoms with van der Waals surface area (Å²) in [7, 11) is 1.55. The van der Waals surface area contributed by atoms with E-state index in [1.165, 1.54) is 0 Å². The van der Waals surface area contributed by atoms with Gasteiger partial charge in [0.1, 0.15) is 17.1 Å². The van der Waals surface area contributed by atoms with Crippen molar-refractivity contribution in [2.24, 2.45) is 11.7 Å². The molecule has 2 aromatic carbocycles. The SMILES string of the molecule is COc1ccc(C[C@H](CC(=O)[C@H](C)NC(=O)CN2CCOCC2)C(=O)N[C@@H](Cc2ccc(OC(N)=O)cc2)C(=O)[C@@]2(C)CO2)cc1. The molecule has 0 bridgehead atoms. The number of primary amides is 1. The zero-order valence-corrected chi connectivity index (χ0v) is 26.4. The van der Waals surface area contributed by atoms with Crippen molar-refractivity contribution in [3.05, 3.63) is 59.7 Å². The molecule has 2 aliphatic heterocycles. The van der Waals surface area contributed by atoms with Crippen molar-refractivity contribution in [1.29, 1.82) is 0 Å². The number of ketones is 2. The van der Waals surface area contributed by atoms with E-state index in [1.807, 2.05) is 17.0 Å². The van der Waals surface area contributed by atoms with Gasteiger partial charge >= 0.3 is 6.09 Å². The quantitative estimate of drug-likeness (QED) is 0.226. The summed E-state index contributed by atoms with van der Waals surface area (Å²) in [4.78, 5) is 66.4. The number of amides is 3. The Morgan fingerprint density at radius 1 is 0.935 bits per heavy atom. The molecule has 2 fully saturated rings. The lowest BCUT2D eigenvalue weighted by atomic mass is 9.89. The zero-order chi connectivity index (χ0) is 33.3. The minimum Gasteiger partial charge on any atom is -0.497 e. The number of carbonyl (C=O) groups excluding carboxylic acids is 5. The fraction of sp³-hybridized carbons (Fsp3) is 0.485. The normalized spacial score (nSPS) is 19.6. The molecule has 2 aromatic rings. The first-order chi connectivity index (χ1) is 22.0. The molecule has 0 aromatic heterocycles. The molecule has 0 radical (unpaired) electrons. The van der Waals surface area contributed by atoms with E-state index in [2.05, 4.69) is 10.6 Å². The van der Waals surface area contributed by atoms with Crippen LogP contribution in [-0.2, 0) is 41.5 Å². The van der Waals surface area contributed by atoms with Crippen molar-refractivity contribution in [3.63, 3.8) is 0 Å². The topological polar surface area (TPSA) is 179 Å². The molecule has 13 nitrogen and oxygen atoms in total. The molecule has 46 heavy (non-hydrogen) atoms. The van der Waals surface area contributed by atoms with Crippen LogP contribution in [-0.4, -0.2) is 98.6 Å². The Labute approximate surface area is 268 Å². The van der Waals surface area contributed by atoms with Gasteiger partial charge in [-0.1, -0.05) is 24.3 Å². The summed E-state index contributed by atoms with van der Waals surface area (Å²) in [6.45, 7) is 6.02. The summed E-state index contributed by atoms with van der Waals surface area (Å²) in [5.74, 6) is -1.32. The second-order valence-electron chi connectivity index (χ2n) is 11.8. The zero-order valence-electron chi connectivity index (χ0n) is 26.4. The fourth-order valence-corrected chi connectivity index (χ4v) is 5.22. The summed E-state index contributed by atoms with van der Waals surface area (Å²) in [5, 5.41) is 5.64. The average molecular weight is 639 g/mol. The molecule has 13 heteroatoms. The van der Waals surface area contributed by atoms with Crippen LogP contribution in [0.2, 0.25) is 0 Å². The molecular weight excluding hydrogens is 596 g/mol. The Morgan fingerprint density at radius 3 is 2.09 bits per heavy atom. The second-order valence-corrected chi connectivity index (χ2v) is 11.8. The number of Topliss-reactive ketones (excluding diaryl/α,β-unsaturated/α-hetero) is 2. The molecule has 0 unspecified atom stereocenters. The van der Waals surface area contributed by atoms with E-state index in [-0.39, 0.29) is 55.6 Å². The number of nitrogens with zero attached hydrogens (tertiary/aromatic N) is 1. The number of morpholine rings is 1. The molecule has 4 rings (SSSR count). The maximum absolute atomic E-state index is 13.9. The first kappa shape index (κ1) is 34.5. The van der Waals surface area contributed by atoms with Crippen LogP contribution in [0.15, 0.2) is 48.5 Å². The van der Waals surface area contributed by atoms with Gasteiger partial charge in [-0.25, -0.2) is 4.79 Å². The predicted octanol–water partition coefficient (Wildman–Crippen LogP) is 1.19. The van der Waals surface area contributed by atoms with E-state index in [9.17, 15) is 24.0 Å². The Kier molecular flexibility index (Phi) is 11.9. The van der Waals surface area contributed by atoms with Gasteiger partial charge in [-0.3, -0.25) is 24.1 Å². The van der Waals surface area contributed by atoms with E-state index in [0.29, 0.717) is 37.6 Å². The van der Waals surface area contributed by atoms with Crippen molar-refractivity contribution in [2.45, 2.75) is 50.8 Å². The molecule has 2 aliphatic rings. The summed E-state index contributed by atoms with van der Waals surface area (Å²) >= 11 is 0. The number of methoxy groups -OCH3 is 1. The van der Waals surface area contributed by atoms with E-state index in [1.54, 1.807) is 57.4 Å². The Hall–Kier alpha value is -4.33. The van der Waals surface area contributed by atoms with Crippen molar-refractivity contribution in [2.75, 3.05) is 46.6 Å². The number of nitrogens with one attached hydrogen (secondary N) is 2. The van der Waals surface area contributed by atoms with Gasteiger partial charge in [0.25, 0.3) is 0 Å². The van der Waals surface area contributed by atoms with Crippen LogP contribution in [0.4, 0.5) is 4.79 Å². The molecule has 0 aliphatic carbocycles. The lowest BCUT2D eigenvalue weighted by Crippen LogP contribution is -2.50. The van der Waals surface area contributed by atoms with Gasteiger partial charge in [0.05, 0.1) is 45.6 Å². The summed E-state index contributed by atoms with van der Waals surface area (Å²) < 4.78 is 20.8. The lowest BCUT2D eigenvalue weighted by Gasteiger charge is -2.27. The van der Waals surface area contributed by atoms with Gasteiger partial charge in [0.15, 0.2) is 11.6 Å². The number of rotatable bonds is 16. The average Bonchev–Trinajstić information content (AvgIpc) is 3.79. The first-order valence-electron chi connectivity index (χ1n) is 15.3. The van der Waals surface area contributed by atoms with Crippen LogP contribution >= 0.6 is 0 Å². The third kappa shape index (κ3) is 10.1. The van der Waals surface area contributed by atoms with E-state index in [4.69, 9.17) is 24.7 Å². The number of carbonyl (C=O) groups is 5. The highest BCUT2D eigenvalue weighted by Crippen LogP contribution is 2.29. The molecular formula is C33H42N4O9. The lowest BCUT2D eigenvalue weighted by molar-refractivity contribution is -0.134. The van der Waals surface area contributed by atoms with Crippen molar-refractivity contribution < 1.29 is 42.9 Å². The highest BCUT2D eigenvalue weighted by Gasteiger charge is 2.50. The van der Waals surface area contributed by atoms with E-state index >= 15 is 0 Å². The van der Waals surface area contributed by atoms with Crippen molar-refractivity contribution in [1.82, 2.24) is 15.5 Å². The smallest absolute Gasteiger partial charge is 0.409 e. The van der Waals surface area contributed by atoms with Crippen LogP contribution in [0.3, 0.4) is 0 Å². The number of hydrogen-bond donors (Lipinski definition) is 3. The molecule has 2 saturated heterocycles. The van der Waals surface area contributed by atoms with Crippen LogP contribution in [0, 0.1) is 5.92 Å². The number of epoxide rings is 1. The largest absolute Gasteiger partial charge is 0.497 e. The van der Waals surface area contributed by atoms with Gasteiger partial charge in [-0.15, -0.1) is 0 Å². The Bertz CT molecular complexity index is 1390. The number of ether oxygens (including phenoxy) is 4. The molecule has 0 saturated carbocycles. The standard InChI is InChI=1S/C33H42N4O9/c1-21(35-29(39)19-37-12-14-44-15-13-37)28(38)18-24(16-22-4-8-25(43-3)9-5-22)31(41)36-27(30(40)33(2)20-45-33)17-23-6-10-26(11-7-23)46-32(34)42/h4-11,21,24,27H,12-20H2,1-3H3,(H2,34,42)(H,35,39)(H,36,41)/t21-,24+,27-,33+/m0/s1. The Balaban J connectivity index is 1.48. The van der Waals surface area contributed by atoms with Crippen LogP contribution < -0.4 is 25.8 Å². The molecule has 248 valence electrons. The summed E-state index contributed by atoms with van der Waals surface area (Å²) in [6.07, 6.45) is -0.762. The van der Waals surface area contributed by atoms with Gasteiger partial charge in [0.2, 0.25) is 11.8 Å². The highest BCUT2D eigenvalue weighted by atomic mass is 16.6. The van der Waals surface area contributed by atoms with E-state index < -0.39 is 35.6 Å². The van der Waals surface area contributed by atoms with E-state index in [0.717, 1.165) is 5.56 Å². The van der Waals surface area contributed by atoms with Crippen molar-refractivity contribution in [3.8, 4) is 11.5 Å². The molecule has 4 N–H and O–H groups in total. The highest BCUT2D eigenvalue weighted by molar-refractivity contribution is 5.98. The summed E-state index contributed by atoms with van der Waals surface area (Å²) in [5.41, 5.74) is 5.55. The van der Waals surface area contributed by atoms with Crippen LogP contribution in [0.25, 0.3) is 0 Å². The number of benzene rings is 2. The monoisotopic (exact) mass is 638 g/mol. The van der Waals surface area contributed by atoms with Gasteiger partial charge < -0.3 is 35.3 Å². The number of nitrogens with two attached hydrogens (primary N) is 1. The molecule has 0 spiro atoms. The Morgan fingerprint density at radius 2 is 1.52 bits per heavy atom. The van der Waals surface area contributed by atoms with Crippen LogP contribution in [0.5, 0.6) is 11.5 Å². The third-order valence-corrected chi connectivity index (χ3v) is 8.10. The van der Waals surface area contributed by atoms with Crippen molar-refractivity contribution >= 4 is 29.5 Å². The molecule has 3 amide bonds. The van der Waals surface area contributed by atoms with Gasteiger partial charge in [-0.05, 0) is 62.1 Å².